The first-order chi connectivity index (χ1) is 15.7. The smallest absolute Gasteiger partial charge is 0.132 e. The lowest BCUT2D eigenvalue weighted by Crippen LogP contribution is -2.01. The largest absolute Gasteiger partial charge is 0.206 e. The zero-order valence-corrected chi connectivity index (χ0v) is 19.4. The lowest BCUT2D eigenvalue weighted by Gasteiger charge is -2.12. The van der Waals surface area contributed by atoms with Crippen LogP contribution >= 0.6 is 34.4 Å². The van der Waals surface area contributed by atoms with Gasteiger partial charge in [0.2, 0.25) is 0 Å². The van der Waals surface area contributed by atoms with Gasteiger partial charge in [-0.05, 0) is 54.7 Å². The van der Waals surface area contributed by atoms with Gasteiger partial charge in [0.25, 0.3) is 0 Å². The second-order valence-electron chi connectivity index (χ2n) is 8.49. The highest BCUT2D eigenvalue weighted by Gasteiger charge is 2.24. The molecule has 2 nitrogen and oxygen atoms in total. The van der Waals surface area contributed by atoms with E-state index in [0.717, 1.165) is 50.3 Å². The number of hydrogen-bond donors (Lipinski definition) is 0. The average Bonchev–Trinajstić information content (AvgIpc) is 3.59. The number of thiophene rings is 2. The summed E-state index contributed by atoms with van der Waals surface area (Å²) >= 11 is 4.71. The van der Waals surface area contributed by atoms with Crippen molar-refractivity contribution in [3.8, 4) is 31.3 Å². The first-order valence-corrected chi connectivity index (χ1v) is 13.0. The van der Waals surface area contributed by atoms with Crippen molar-refractivity contribution in [2.45, 2.75) is 18.8 Å². The second-order valence-corrected chi connectivity index (χ2v) is 11.2. The molecule has 6 heteroatoms. The molecular weight excluding hydrogens is 455 g/mol. The fraction of sp³-hybridized carbons (Fsp3) is 0.154. The maximum atomic E-state index is 15.1. The highest BCUT2D eigenvalue weighted by atomic mass is 32.1. The van der Waals surface area contributed by atoms with Crippen LogP contribution in [0, 0.1) is 11.7 Å². The van der Waals surface area contributed by atoms with Crippen molar-refractivity contribution in [2.75, 3.05) is 0 Å². The van der Waals surface area contributed by atoms with Crippen LogP contribution in [0.1, 0.15) is 22.8 Å². The topological polar surface area (TPSA) is 25.8 Å². The molecule has 32 heavy (non-hydrogen) atoms. The van der Waals surface area contributed by atoms with Crippen LogP contribution in [0.4, 0.5) is 4.39 Å². The minimum Gasteiger partial charge on any atom is -0.206 e. The molecule has 10 bridgehead atoms. The van der Waals surface area contributed by atoms with Crippen LogP contribution in [-0.2, 0) is 6.42 Å². The van der Waals surface area contributed by atoms with Crippen molar-refractivity contribution in [1.82, 2.24) is 8.75 Å². The van der Waals surface area contributed by atoms with Gasteiger partial charge in [-0.15, -0.1) is 22.7 Å². The Hall–Kier alpha value is -2.67. The Bertz CT molecular complexity index is 1520. The van der Waals surface area contributed by atoms with Crippen LogP contribution in [0.25, 0.3) is 42.4 Å². The molecule has 5 aliphatic rings. The van der Waals surface area contributed by atoms with E-state index in [4.69, 9.17) is 0 Å². The van der Waals surface area contributed by atoms with E-state index in [-0.39, 0.29) is 5.82 Å². The van der Waals surface area contributed by atoms with Crippen LogP contribution in [0.3, 0.4) is 0 Å². The Morgan fingerprint density at radius 1 is 0.750 bits per heavy atom. The Labute approximate surface area is 197 Å². The minimum atomic E-state index is -0.144. The van der Waals surface area contributed by atoms with Crippen molar-refractivity contribution in [2.24, 2.45) is 5.92 Å². The zero-order chi connectivity index (χ0) is 21.2. The van der Waals surface area contributed by atoms with Gasteiger partial charge in [0.05, 0.1) is 11.7 Å². The van der Waals surface area contributed by atoms with Gasteiger partial charge in [0, 0.05) is 42.1 Å². The summed E-state index contributed by atoms with van der Waals surface area (Å²) in [5.41, 5.74) is 5.81. The lowest BCUT2D eigenvalue weighted by molar-refractivity contribution is 0.589. The van der Waals surface area contributed by atoms with Gasteiger partial charge < -0.3 is 0 Å². The summed E-state index contributed by atoms with van der Waals surface area (Å²) in [6, 6.07) is 18.6. The van der Waals surface area contributed by atoms with Crippen molar-refractivity contribution in [3.05, 3.63) is 83.0 Å². The number of nitrogens with zero attached hydrogens (tertiary/aromatic N) is 2. The predicted molar refractivity (Wildman–Crippen MR) is 133 cm³/mol. The standard InChI is InChI=1S/C26H17FN2S3/c27-20-13-15-2-4-17(20)22-9-10-24(31-22)19-6-5-18(25-26(19)29-32-28-25)23-8-7-21(30-23)16-3-1-14(11-15)12-16/h1-10,13-14,16H,11-12H2. The molecule has 3 aromatic heterocycles. The predicted octanol–water partition coefficient (Wildman–Crippen LogP) is 8.17. The number of hydrogen-bond acceptors (Lipinski definition) is 5. The quantitative estimate of drug-likeness (QED) is 0.212. The minimum absolute atomic E-state index is 0.144. The molecule has 4 aliphatic heterocycles. The number of rotatable bonds is 0. The fourth-order valence-electron chi connectivity index (χ4n) is 4.91. The van der Waals surface area contributed by atoms with E-state index in [9.17, 15) is 0 Å². The SMILES string of the molecule is Fc1cc2ccc1-c1ccc(s1)-c1ccc(c3nsnc13)-c1ccc(s1)C1C=CC(C2)C1. The molecule has 0 radical (unpaired) electrons. The van der Waals surface area contributed by atoms with Crippen molar-refractivity contribution in [3.63, 3.8) is 0 Å². The molecule has 7 heterocycles. The maximum Gasteiger partial charge on any atom is 0.132 e. The number of benzene rings is 2. The Kier molecular flexibility index (Phi) is 4.22. The highest BCUT2D eigenvalue weighted by molar-refractivity contribution is 7.19. The van der Waals surface area contributed by atoms with Crippen molar-refractivity contribution >= 4 is 45.4 Å². The van der Waals surface area contributed by atoms with Gasteiger partial charge in [-0.1, -0.05) is 36.4 Å². The van der Waals surface area contributed by atoms with Gasteiger partial charge in [-0.2, -0.15) is 8.75 Å². The van der Waals surface area contributed by atoms with Crippen LogP contribution in [-0.4, -0.2) is 8.75 Å². The molecule has 2 atom stereocenters. The van der Waals surface area contributed by atoms with Crippen molar-refractivity contribution in [1.29, 1.82) is 0 Å². The third kappa shape index (κ3) is 2.94. The molecule has 2 aromatic carbocycles. The number of halogens is 1. The molecule has 2 unspecified atom stereocenters. The van der Waals surface area contributed by atoms with E-state index in [0.29, 0.717) is 17.4 Å². The third-order valence-electron chi connectivity index (χ3n) is 6.51. The van der Waals surface area contributed by atoms with Crippen LogP contribution in [0.5, 0.6) is 0 Å². The van der Waals surface area contributed by atoms with Gasteiger partial charge in [0.15, 0.2) is 0 Å². The average molecular weight is 473 g/mol. The van der Waals surface area contributed by atoms with E-state index >= 15 is 4.39 Å². The summed E-state index contributed by atoms with van der Waals surface area (Å²) in [6.07, 6.45) is 6.59. The summed E-state index contributed by atoms with van der Waals surface area (Å²) in [5, 5.41) is 0. The molecule has 0 spiro atoms. The van der Waals surface area contributed by atoms with E-state index in [1.807, 2.05) is 23.5 Å². The number of aromatic nitrogens is 2. The second kappa shape index (κ2) is 7.17. The molecule has 0 N–H and O–H groups in total. The molecule has 0 saturated heterocycles. The summed E-state index contributed by atoms with van der Waals surface area (Å²) < 4.78 is 24.4. The van der Waals surface area contributed by atoms with E-state index in [1.54, 1.807) is 17.4 Å². The highest BCUT2D eigenvalue weighted by Crippen LogP contribution is 2.44. The summed E-state index contributed by atoms with van der Waals surface area (Å²) in [4.78, 5) is 4.65. The first kappa shape index (κ1) is 18.9. The summed E-state index contributed by atoms with van der Waals surface area (Å²) in [7, 11) is 0. The molecule has 156 valence electrons. The van der Waals surface area contributed by atoms with Gasteiger partial charge in [-0.3, -0.25) is 0 Å². The zero-order valence-electron chi connectivity index (χ0n) is 16.9. The monoisotopic (exact) mass is 472 g/mol. The van der Waals surface area contributed by atoms with E-state index in [2.05, 4.69) is 57.3 Å². The molecule has 0 fully saturated rings. The van der Waals surface area contributed by atoms with Crippen molar-refractivity contribution < 1.29 is 4.39 Å². The van der Waals surface area contributed by atoms with Crippen LogP contribution < -0.4 is 0 Å². The molecule has 1 aliphatic carbocycles. The summed E-state index contributed by atoms with van der Waals surface area (Å²) in [5.74, 6) is 0.721. The van der Waals surface area contributed by atoms with Crippen LogP contribution in [0.2, 0.25) is 0 Å². The van der Waals surface area contributed by atoms with Gasteiger partial charge >= 0.3 is 0 Å². The van der Waals surface area contributed by atoms with E-state index < -0.39 is 0 Å². The maximum absolute atomic E-state index is 15.1. The molecule has 5 aromatic rings. The van der Waals surface area contributed by atoms with E-state index in [1.165, 1.54) is 21.5 Å². The van der Waals surface area contributed by atoms with Crippen LogP contribution in [0.15, 0.2) is 66.7 Å². The van der Waals surface area contributed by atoms with Gasteiger partial charge in [-0.25, -0.2) is 4.39 Å². The molecular formula is C26H17FN2S3. The first-order valence-electron chi connectivity index (χ1n) is 10.7. The Morgan fingerprint density at radius 3 is 2.22 bits per heavy atom. The Balaban J connectivity index is 1.46. The molecule has 0 amide bonds. The molecule has 0 saturated carbocycles. The fourth-order valence-corrected chi connectivity index (χ4v) is 7.67. The third-order valence-corrected chi connectivity index (χ3v) is 9.44. The normalized spacial score (nSPS) is 19.0. The molecule has 10 rings (SSSR count). The summed E-state index contributed by atoms with van der Waals surface area (Å²) in [6.45, 7) is 0. The van der Waals surface area contributed by atoms with Gasteiger partial charge in [0.1, 0.15) is 16.9 Å². The number of allylic oxidation sites excluding steroid dienone is 2. The lowest BCUT2D eigenvalue weighted by atomic mass is 9.94. The Morgan fingerprint density at radius 2 is 1.44 bits per heavy atom.